The smallest absolute Gasteiger partial charge is 0.257 e. The summed E-state index contributed by atoms with van der Waals surface area (Å²) in [5.41, 5.74) is 3.23. The molecule has 2 N–H and O–H groups in total. The highest BCUT2D eigenvalue weighted by Gasteiger charge is 2.31. The first-order valence-corrected chi connectivity index (χ1v) is 12.6. The van der Waals surface area contributed by atoms with Gasteiger partial charge in [-0.1, -0.05) is 17.4 Å². The molecule has 0 spiro atoms. The first kappa shape index (κ1) is 21.1. The molecule has 2 aliphatic rings. The summed E-state index contributed by atoms with van der Waals surface area (Å²) in [7, 11) is 0. The van der Waals surface area contributed by atoms with Gasteiger partial charge in [0.2, 0.25) is 12.7 Å². The van der Waals surface area contributed by atoms with Crippen molar-refractivity contribution < 1.29 is 19.1 Å². The van der Waals surface area contributed by atoms with Gasteiger partial charge in [-0.25, -0.2) is 9.97 Å². The molecule has 172 valence electrons. The normalized spacial score (nSPS) is 16.3. The second kappa shape index (κ2) is 8.37. The molecule has 2 aromatic heterocycles. The molecule has 0 bridgehead atoms. The fraction of sp³-hybridized carbons (Fsp3) is 0.250. The molecule has 1 aliphatic heterocycles. The summed E-state index contributed by atoms with van der Waals surface area (Å²) in [5.74, 6) is 0.405. The number of nitrogens with one attached hydrogen (secondary N) is 2. The second-order valence-electron chi connectivity index (χ2n) is 8.27. The van der Waals surface area contributed by atoms with E-state index in [4.69, 9.17) is 9.47 Å². The van der Waals surface area contributed by atoms with Crippen molar-refractivity contribution >= 4 is 55.0 Å². The second-order valence-corrected chi connectivity index (χ2v) is 10.4. The molecule has 2 aromatic carbocycles. The number of amides is 2. The molecule has 34 heavy (non-hydrogen) atoms. The lowest BCUT2D eigenvalue weighted by Crippen LogP contribution is -2.24. The first-order chi connectivity index (χ1) is 16.5. The fourth-order valence-electron chi connectivity index (χ4n) is 4.21. The Kier molecular flexibility index (Phi) is 5.19. The van der Waals surface area contributed by atoms with Gasteiger partial charge in [0, 0.05) is 10.4 Å². The molecule has 6 rings (SSSR count). The van der Waals surface area contributed by atoms with E-state index >= 15 is 0 Å². The Morgan fingerprint density at radius 3 is 2.76 bits per heavy atom. The molecule has 2 amide bonds. The monoisotopic (exact) mass is 492 g/mol. The van der Waals surface area contributed by atoms with Gasteiger partial charge >= 0.3 is 0 Å². The largest absolute Gasteiger partial charge is 0.454 e. The molecule has 1 atom stereocenters. The molecule has 10 heteroatoms. The van der Waals surface area contributed by atoms with Crippen LogP contribution in [0.1, 0.15) is 45.3 Å². The molecule has 8 nitrogen and oxygen atoms in total. The zero-order valence-electron chi connectivity index (χ0n) is 18.2. The first-order valence-electron chi connectivity index (χ1n) is 10.9. The van der Waals surface area contributed by atoms with Crippen LogP contribution in [0.3, 0.4) is 0 Å². The summed E-state index contributed by atoms with van der Waals surface area (Å²) in [6, 6.07) is 11.1. The Labute approximate surface area is 203 Å². The maximum absolute atomic E-state index is 13.1. The van der Waals surface area contributed by atoms with Gasteiger partial charge < -0.3 is 14.8 Å². The Balaban J connectivity index is 1.19. The number of nitrogens with zero attached hydrogens (tertiary/aromatic N) is 2. The predicted octanol–water partition coefficient (Wildman–Crippen LogP) is 5.10. The maximum Gasteiger partial charge on any atom is 0.257 e. The van der Waals surface area contributed by atoms with Gasteiger partial charge in [-0.2, -0.15) is 0 Å². The van der Waals surface area contributed by atoms with Crippen LogP contribution in [0.15, 0.2) is 36.4 Å². The summed E-state index contributed by atoms with van der Waals surface area (Å²) >= 11 is 2.89. The predicted molar refractivity (Wildman–Crippen MR) is 131 cm³/mol. The standard InChI is InChI=1S/C24H20N4O4S2/c1-12-5-7-15-19(9-12)34-23(25-15)28-22(30)14-3-2-4-18-20(14)26-24(33-18)27-21(29)13-6-8-16-17(10-13)32-11-31-16/h5-10,14H,2-4,11H2,1H3,(H,25,28,30)(H,26,27,29). The van der Waals surface area contributed by atoms with Crippen LogP contribution >= 0.6 is 22.7 Å². The number of aromatic nitrogens is 2. The highest BCUT2D eigenvalue weighted by Crippen LogP contribution is 2.38. The summed E-state index contributed by atoms with van der Waals surface area (Å²) in [6.45, 7) is 2.19. The van der Waals surface area contributed by atoms with Gasteiger partial charge in [0.05, 0.1) is 21.8 Å². The van der Waals surface area contributed by atoms with E-state index in [1.807, 2.05) is 19.1 Å². The van der Waals surface area contributed by atoms with Gasteiger partial charge in [-0.3, -0.25) is 14.9 Å². The Bertz CT molecular complexity index is 1440. The van der Waals surface area contributed by atoms with Crippen molar-refractivity contribution in [2.75, 3.05) is 17.4 Å². The number of carbonyl (C=O) groups is 2. The van der Waals surface area contributed by atoms with Crippen molar-refractivity contribution in [3.63, 3.8) is 0 Å². The average molecular weight is 493 g/mol. The van der Waals surface area contributed by atoms with Crippen LogP contribution in [0.5, 0.6) is 11.5 Å². The minimum absolute atomic E-state index is 0.115. The number of aryl methyl sites for hydroxylation is 2. The van der Waals surface area contributed by atoms with Crippen molar-refractivity contribution in [2.24, 2.45) is 0 Å². The molecule has 0 saturated carbocycles. The lowest BCUT2D eigenvalue weighted by atomic mass is 9.90. The van der Waals surface area contributed by atoms with E-state index in [-0.39, 0.29) is 24.5 Å². The van der Waals surface area contributed by atoms with Crippen molar-refractivity contribution in [1.29, 1.82) is 0 Å². The van der Waals surface area contributed by atoms with Crippen LogP contribution in [0.25, 0.3) is 10.2 Å². The van der Waals surface area contributed by atoms with Gasteiger partial charge in [0.1, 0.15) is 0 Å². The molecular formula is C24H20N4O4S2. The van der Waals surface area contributed by atoms with Crippen molar-refractivity contribution in [3.05, 3.63) is 58.1 Å². The Morgan fingerprint density at radius 1 is 1.00 bits per heavy atom. The number of ether oxygens (including phenoxy) is 2. The summed E-state index contributed by atoms with van der Waals surface area (Å²) in [4.78, 5) is 36.1. The van der Waals surface area contributed by atoms with Crippen LogP contribution < -0.4 is 20.1 Å². The Hall–Kier alpha value is -3.50. The number of fused-ring (bicyclic) bond motifs is 3. The van der Waals surface area contributed by atoms with E-state index < -0.39 is 0 Å². The van der Waals surface area contributed by atoms with E-state index in [0.717, 1.165) is 39.2 Å². The van der Waals surface area contributed by atoms with Crippen LogP contribution in [0, 0.1) is 6.92 Å². The van der Waals surface area contributed by atoms with E-state index in [0.29, 0.717) is 33.7 Å². The number of rotatable bonds is 4. The van der Waals surface area contributed by atoms with Crippen LogP contribution in [-0.2, 0) is 11.2 Å². The molecule has 4 aromatic rings. The highest BCUT2D eigenvalue weighted by molar-refractivity contribution is 7.22. The lowest BCUT2D eigenvalue weighted by Gasteiger charge is -2.19. The van der Waals surface area contributed by atoms with Gasteiger partial charge in [0.25, 0.3) is 5.91 Å². The number of anilines is 2. The molecule has 0 radical (unpaired) electrons. The van der Waals surface area contributed by atoms with Gasteiger partial charge in [-0.05, 0) is 62.1 Å². The topological polar surface area (TPSA) is 102 Å². The fourth-order valence-corrected chi connectivity index (χ4v) is 6.24. The third-order valence-electron chi connectivity index (χ3n) is 5.90. The molecule has 0 fully saturated rings. The number of benzene rings is 2. The van der Waals surface area contributed by atoms with Crippen LogP contribution in [-0.4, -0.2) is 28.6 Å². The van der Waals surface area contributed by atoms with Crippen LogP contribution in [0.2, 0.25) is 0 Å². The van der Waals surface area contributed by atoms with E-state index in [1.54, 1.807) is 18.2 Å². The zero-order chi connectivity index (χ0) is 23.2. The minimum atomic E-state index is -0.370. The maximum atomic E-state index is 13.1. The quantitative estimate of drug-likeness (QED) is 0.411. The zero-order valence-corrected chi connectivity index (χ0v) is 19.8. The van der Waals surface area contributed by atoms with Crippen molar-refractivity contribution in [1.82, 2.24) is 9.97 Å². The minimum Gasteiger partial charge on any atom is -0.454 e. The number of hydrogen-bond donors (Lipinski definition) is 2. The number of thiazole rings is 2. The molecule has 1 unspecified atom stereocenters. The van der Waals surface area contributed by atoms with E-state index in [2.05, 4.69) is 26.7 Å². The SMILES string of the molecule is Cc1ccc2nc(NC(=O)C3CCCc4sc(NC(=O)c5ccc6c(c5)OCO6)nc43)sc2c1. The summed E-state index contributed by atoms with van der Waals surface area (Å²) < 4.78 is 11.7. The summed E-state index contributed by atoms with van der Waals surface area (Å²) in [5, 5.41) is 6.93. The molecule has 0 saturated heterocycles. The third-order valence-corrected chi connectivity index (χ3v) is 7.88. The molecular weight excluding hydrogens is 472 g/mol. The van der Waals surface area contributed by atoms with Gasteiger partial charge in [-0.15, -0.1) is 11.3 Å². The lowest BCUT2D eigenvalue weighted by molar-refractivity contribution is -0.117. The summed E-state index contributed by atoms with van der Waals surface area (Å²) in [6.07, 6.45) is 2.45. The van der Waals surface area contributed by atoms with E-state index in [9.17, 15) is 9.59 Å². The van der Waals surface area contributed by atoms with Crippen LogP contribution in [0.4, 0.5) is 10.3 Å². The highest BCUT2D eigenvalue weighted by atomic mass is 32.1. The molecule has 1 aliphatic carbocycles. The molecule has 3 heterocycles. The van der Waals surface area contributed by atoms with Crippen molar-refractivity contribution in [3.8, 4) is 11.5 Å². The number of carbonyl (C=O) groups excluding carboxylic acids is 2. The number of hydrogen-bond acceptors (Lipinski definition) is 8. The van der Waals surface area contributed by atoms with Crippen molar-refractivity contribution in [2.45, 2.75) is 32.1 Å². The average Bonchev–Trinajstić information content (AvgIpc) is 3.55. The third kappa shape index (κ3) is 3.88. The van der Waals surface area contributed by atoms with E-state index in [1.165, 1.54) is 22.7 Å². The van der Waals surface area contributed by atoms with Gasteiger partial charge in [0.15, 0.2) is 21.8 Å². The Morgan fingerprint density at radius 2 is 1.85 bits per heavy atom.